The minimum Gasteiger partial charge on any atom is -0.496 e. The molecule has 0 saturated heterocycles. The monoisotopic (exact) mass is 376 g/mol. The minimum absolute atomic E-state index is 0.0496. The van der Waals surface area contributed by atoms with Crippen molar-refractivity contribution in [3.63, 3.8) is 0 Å². The summed E-state index contributed by atoms with van der Waals surface area (Å²) in [5.74, 6) is 2.73. The third-order valence-corrected chi connectivity index (χ3v) is 4.74. The van der Waals surface area contributed by atoms with Gasteiger partial charge in [0, 0.05) is 12.1 Å². The number of rotatable bonds is 9. The highest BCUT2D eigenvalue weighted by Crippen LogP contribution is 2.37. The maximum Gasteiger partial charge on any atom is 0.193 e. The molecule has 0 N–H and O–H groups in total. The van der Waals surface area contributed by atoms with E-state index in [2.05, 4.69) is 13.8 Å². The van der Waals surface area contributed by atoms with Gasteiger partial charge in [-0.3, -0.25) is 4.79 Å². The van der Waals surface area contributed by atoms with Gasteiger partial charge in [-0.1, -0.05) is 26.0 Å². The van der Waals surface area contributed by atoms with Gasteiger partial charge in [-0.15, -0.1) is 0 Å². The standard InChI is InChI=1S/C20H25O5P/c1-13(2)12-25-14-6-8-16(9-7-14)26-20(21)19-17(23-4)10-15(22-3)11-18(19)24-5/h6-11,13,26H,12H2,1-5H3. The first-order chi connectivity index (χ1) is 12.5. The number of hydrogen-bond donors (Lipinski definition) is 0. The molecule has 6 heteroatoms. The van der Waals surface area contributed by atoms with Crippen LogP contribution in [0, 0.1) is 5.92 Å². The first-order valence-electron chi connectivity index (χ1n) is 8.32. The Morgan fingerprint density at radius 3 is 1.96 bits per heavy atom. The van der Waals surface area contributed by atoms with Crippen molar-refractivity contribution in [2.75, 3.05) is 27.9 Å². The molecule has 1 unspecified atom stereocenters. The molecule has 2 rings (SSSR count). The normalized spacial score (nSPS) is 11.0. The average molecular weight is 376 g/mol. The zero-order chi connectivity index (χ0) is 19.1. The summed E-state index contributed by atoms with van der Waals surface area (Å²) in [5.41, 5.74) is 0.367. The zero-order valence-corrected chi connectivity index (χ0v) is 16.8. The van der Waals surface area contributed by atoms with E-state index in [1.165, 1.54) is 14.2 Å². The molecule has 0 bridgehead atoms. The van der Waals surface area contributed by atoms with Crippen LogP contribution < -0.4 is 24.3 Å². The fourth-order valence-corrected chi connectivity index (χ4v) is 3.29. The molecule has 140 valence electrons. The molecule has 0 spiro atoms. The van der Waals surface area contributed by atoms with E-state index in [4.69, 9.17) is 18.9 Å². The molecule has 2 aromatic rings. The lowest BCUT2D eigenvalue weighted by atomic mass is 10.2. The molecule has 2 aromatic carbocycles. The summed E-state index contributed by atoms with van der Waals surface area (Å²) >= 11 is 0. The third-order valence-electron chi connectivity index (χ3n) is 3.64. The molecule has 0 fully saturated rings. The van der Waals surface area contributed by atoms with E-state index in [9.17, 15) is 4.79 Å². The van der Waals surface area contributed by atoms with E-state index in [-0.39, 0.29) is 14.1 Å². The van der Waals surface area contributed by atoms with Gasteiger partial charge < -0.3 is 18.9 Å². The second-order valence-electron chi connectivity index (χ2n) is 6.09. The largest absolute Gasteiger partial charge is 0.496 e. The van der Waals surface area contributed by atoms with Crippen molar-refractivity contribution >= 4 is 19.4 Å². The second kappa shape index (κ2) is 9.44. The van der Waals surface area contributed by atoms with Crippen molar-refractivity contribution in [1.82, 2.24) is 0 Å². The molecule has 0 amide bonds. The fourth-order valence-electron chi connectivity index (χ4n) is 2.32. The van der Waals surface area contributed by atoms with E-state index >= 15 is 0 Å². The summed E-state index contributed by atoms with van der Waals surface area (Å²) in [5, 5.41) is 0.923. The molecule has 0 radical (unpaired) electrons. The number of carbonyl (C=O) groups is 1. The Bertz CT molecular complexity index is 715. The lowest BCUT2D eigenvalue weighted by Crippen LogP contribution is -2.07. The van der Waals surface area contributed by atoms with Crippen LogP contribution in [0.5, 0.6) is 23.0 Å². The molecule has 0 heterocycles. The quantitative estimate of drug-likeness (QED) is 0.622. The number of methoxy groups -OCH3 is 3. The third kappa shape index (κ3) is 5.12. The maximum atomic E-state index is 12.9. The summed E-state index contributed by atoms with van der Waals surface area (Å²) in [6, 6.07) is 11.0. The fraction of sp³-hybridized carbons (Fsp3) is 0.350. The van der Waals surface area contributed by atoms with Gasteiger partial charge in [-0.2, -0.15) is 0 Å². The Balaban J connectivity index is 2.19. The molecular weight excluding hydrogens is 351 g/mol. The Morgan fingerprint density at radius 2 is 1.50 bits per heavy atom. The minimum atomic E-state index is -0.0581. The summed E-state index contributed by atoms with van der Waals surface area (Å²) in [6.45, 7) is 4.87. The average Bonchev–Trinajstić information content (AvgIpc) is 2.65. The highest BCUT2D eigenvalue weighted by atomic mass is 31.1. The van der Waals surface area contributed by atoms with Gasteiger partial charge in [0.05, 0.1) is 27.9 Å². The van der Waals surface area contributed by atoms with Crippen LogP contribution in [0.2, 0.25) is 0 Å². The Labute approximate surface area is 156 Å². The molecule has 0 aliphatic heterocycles. The van der Waals surface area contributed by atoms with Crippen LogP contribution in [0.25, 0.3) is 0 Å². The lowest BCUT2D eigenvalue weighted by Gasteiger charge is -2.14. The van der Waals surface area contributed by atoms with Gasteiger partial charge in [-0.05, 0) is 31.9 Å². The van der Waals surface area contributed by atoms with Gasteiger partial charge in [-0.25, -0.2) is 0 Å². The predicted molar refractivity (Wildman–Crippen MR) is 105 cm³/mol. The van der Waals surface area contributed by atoms with E-state index in [1.807, 2.05) is 24.3 Å². The summed E-state index contributed by atoms with van der Waals surface area (Å²) in [6.07, 6.45) is 0. The number of benzene rings is 2. The van der Waals surface area contributed by atoms with Gasteiger partial charge in [0.1, 0.15) is 28.6 Å². The smallest absolute Gasteiger partial charge is 0.193 e. The van der Waals surface area contributed by atoms with Crippen molar-refractivity contribution in [3.05, 3.63) is 42.0 Å². The van der Waals surface area contributed by atoms with Gasteiger partial charge >= 0.3 is 0 Å². The first-order valence-corrected chi connectivity index (χ1v) is 9.32. The molecular formula is C20H25O5P. The van der Waals surface area contributed by atoms with Gasteiger partial charge in [0.25, 0.3) is 0 Å². The second-order valence-corrected chi connectivity index (χ2v) is 7.37. The molecule has 26 heavy (non-hydrogen) atoms. The van der Waals surface area contributed by atoms with Gasteiger partial charge in [0.2, 0.25) is 0 Å². The van der Waals surface area contributed by atoms with Crippen molar-refractivity contribution in [1.29, 1.82) is 0 Å². The molecule has 1 atom stereocenters. The Hall–Kier alpha value is -2.26. The van der Waals surface area contributed by atoms with Crippen molar-refractivity contribution in [2.24, 2.45) is 5.92 Å². The van der Waals surface area contributed by atoms with Crippen LogP contribution in [0.3, 0.4) is 0 Å². The molecule has 5 nitrogen and oxygen atoms in total. The molecule has 0 saturated carbocycles. The van der Waals surface area contributed by atoms with E-state index in [1.54, 1.807) is 19.2 Å². The Kier molecular flexibility index (Phi) is 7.28. The number of hydrogen-bond acceptors (Lipinski definition) is 5. The van der Waals surface area contributed by atoms with Crippen LogP contribution in [-0.2, 0) is 0 Å². The number of carbonyl (C=O) groups excluding carboxylic acids is 1. The molecule has 0 aliphatic carbocycles. The van der Waals surface area contributed by atoms with Crippen molar-refractivity contribution in [3.8, 4) is 23.0 Å². The molecule has 0 aromatic heterocycles. The first kappa shape index (κ1) is 20.1. The summed E-state index contributed by atoms with van der Waals surface area (Å²) in [7, 11) is 4.55. The zero-order valence-electron chi connectivity index (χ0n) is 15.8. The van der Waals surface area contributed by atoms with Crippen LogP contribution in [0.4, 0.5) is 0 Å². The van der Waals surface area contributed by atoms with Crippen LogP contribution in [-0.4, -0.2) is 33.5 Å². The predicted octanol–water partition coefficient (Wildman–Crippen LogP) is 3.89. The highest BCUT2D eigenvalue weighted by Gasteiger charge is 2.20. The maximum absolute atomic E-state index is 12.9. The van der Waals surface area contributed by atoms with E-state index in [0.717, 1.165) is 11.1 Å². The topological polar surface area (TPSA) is 54.0 Å². The van der Waals surface area contributed by atoms with E-state index < -0.39 is 0 Å². The van der Waals surface area contributed by atoms with Crippen LogP contribution in [0.1, 0.15) is 24.2 Å². The molecule has 0 aliphatic rings. The van der Waals surface area contributed by atoms with Gasteiger partial charge in [0.15, 0.2) is 5.52 Å². The van der Waals surface area contributed by atoms with Crippen molar-refractivity contribution < 1.29 is 23.7 Å². The number of ether oxygens (including phenoxy) is 4. The Morgan fingerprint density at radius 1 is 0.923 bits per heavy atom. The highest BCUT2D eigenvalue weighted by molar-refractivity contribution is 7.66. The summed E-state index contributed by atoms with van der Waals surface area (Å²) in [4.78, 5) is 12.9. The SMILES string of the molecule is COc1cc(OC)c(C(=O)Pc2ccc(OCC(C)C)cc2)c(OC)c1. The van der Waals surface area contributed by atoms with E-state index in [0.29, 0.717) is 35.3 Å². The van der Waals surface area contributed by atoms with Crippen molar-refractivity contribution in [2.45, 2.75) is 13.8 Å². The summed E-state index contributed by atoms with van der Waals surface area (Å²) < 4.78 is 21.6. The van der Waals surface area contributed by atoms with Crippen LogP contribution in [0.15, 0.2) is 36.4 Å². The van der Waals surface area contributed by atoms with Crippen LogP contribution >= 0.6 is 8.58 Å². The lowest BCUT2D eigenvalue weighted by molar-refractivity contribution is 0.108.